The molecular formula is C29H42N2O3. The van der Waals surface area contributed by atoms with E-state index in [1.807, 2.05) is 17.0 Å². The zero-order valence-corrected chi connectivity index (χ0v) is 21.2. The van der Waals surface area contributed by atoms with Crippen LogP contribution in [0.4, 0.5) is 0 Å². The van der Waals surface area contributed by atoms with E-state index >= 15 is 0 Å². The number of fused-ring (bicyclic) bond motifs is 1. The number of hydrogen-bond donors (Lipinski definition) is 1. The Labute approximate surface area is 204 Å². The van der Waals surface area contributed by atoms with Gasteiger partial charge in [0, 0.05) is 36.5 Å². The Morgan fingerprint density at radius 1 is 1.12 bits per heavy atom. The summed E-state index contributed by atoms with van der Waals surface area (Å²) in [6, 6.07) is 6.01. The lowest BCUT2D eigenvalue weighted by atomic mass is 9.65. The van der Waals surface area contributed by atoms with Crippen molar-refractivity contribution in [2.75, 3.05) is 19.6 Å². The lowest BCUT2D eigenvalue weighted by Crippen LogP contribution is -2.64. The van der Waals surface area contributed by atoms with Crippen LogP contribution in [0.25, 0.3) is 0 Å². The molecule has 186 valence electrons. The van der Waals surface area contributed by atoms with E-state index in [0.29, 0.717) is 38.5 Å². The molecule has 5 heteroatoms. The fourth-order valence-corrected chi connectivity index (χ4v) is 7.58. The van der Waals surface area contributed by atoms with Gasteiger partial charge < -0.3 is 14.9 Å². The minimum atomic E-state index is -0.931. The number of benzene rings is 1. The van der Waals surface area contributed by atoms with E-state index in [4.69, 9.17) is 0 Å². The van der Waals surface area contributed by atoms with E-state index in [-0.39, 0.29) is 23.1 Å². The number of rotatable bonds is 5. The fourth-order valence-electron chi connectivity index (χ4n) is 7.58. The third-order valence-corrected chi connectivity index (χ3v) is 9.57. The molecule has 0 radical (unpaired) electrons. The second-order valence-electron chi connectivity index (χ2n) is 12.0. The molecule has 1 spiro atoms. The summed E-state index contributed by atoms with van der Waals surface area (Å²) < 4.78 is 0. The number of carbonyl (C=O) groups is 2. The van der Waals surface area contributed by atoms with Crippen LogP contribution in [0.15, 0.2) is 18.2 Å². The van der Waals surface area contributed by atoms with Crippen molar-refractivity contribution in [2.24, 2.45) is 17.3 Å². The molecule has 34 heavy (non-hydrogen) atoms. The van der Waals surface area contributed by atoms with Gasteiger partial charge in [0.15, 0.2) is 0 Å². The number of hydrogen-bond acceptors (Lipinski definition) is 3. The topological polar surface area (TPSA) is 60.9 Å². The Bertz CT molecular complexity index is 931. The zero-order valence-electron chi connectivity index (χ0n) is 21.2. The summed E-state index contributed by atoms with van der Waals surface area (Å²) in [6.45, 7) is 6.36. The van der Waals surface area contributed by atoms with E-state index in [1.54, 1.807) is 0 Å². The molecule has 2 saturated carbocycles. The number of carbonyl (C=O) groups excluding carboxylic acids is 2. The second kappa shape index (κ2) is 9.29. The highest BCUT2D eigenvalue weighted by Crippen LogP contribution is 2.52. The first-order valence-electron chi connectivity index (χ1n) is 13.7. The molecule has 2 aliphatic carbocycles. The van der Waals surface area contributed by atoms with Crippen molar-refractivity contribution >= 4 is 11.8 Å². The van der Waals surface area contributed by atoms with Gasteiger partial charge in [-0.15, -0.1) is 0 Å². The van der Waals surface area contributed by atoms with E-state index in [0.717, 1.165) is 48.8 Å². The maximum atomic E-state index is 13.5. The molecular weight excluding hydrogens is 424 g/mol. The predicted molar refractivity (Wildman–Crippen MR) is 133 cm³/mol. The molecule has 0 aromatic heterocycles. The maximum Gasteiger partial charge on any atom is 0.254 e. The smallest absolute Gasteiger partial charge is 0.254 e. The van der Waals surface area contributed by atoms with Crippen LogP contribution in [0.5, 0.6) is 0 Å². The first-order valence-corrected chi connectivity index (χ1v) is 13.7. The van der Waals surface area contributed by atoms with Crippen molar-refractivity contribution in [1.82, 2.24) is 9.80 Å². The lowest BCUT2D eigenvalue weighted by molar-refractivity contribution is -0.163. The van der Waals surface area contributed by atoms with Crippen LogP contribution in [0, 0.1) is 24.2 Å². The minimum absolute atomic E-state index is 0.0381. The van der Waals surface area contributed by atoms with Gasteiger partial charge >= 0.3 is 0 Å². The molecule has 1 aromatic carbocycles. The second-order valence-corrected chi connectivity index (χ2v) is 12.0. The summed E-state index contributed by atoms with van der Waals surface area (Å²) >= 11 is 0. The van der Waals surface area contributed by atoms with Crippen molar-refractivity contribution in [3.63, 3.8) is 0 Å². The quantitative estimate of drug-likeness (QED) is 0.658. The third-order valence-electron chi connectivity index (χ3n) is 9.57. The van der Waals surface area contributed by atoms with Crippen LogP contribution in [-0.4, -0.2) is 52.0 Å². The standard InChI is InChI=1S/C29H42N2O3/c1-21-10-11-25-24(16-21)18-31(27(25)33)20-29(34)14-15-30(19-28(29)12-6-7-13-28)26(32)22(2)17-23-8-4-3-5-9-23/h10-11,16,22-23,34H,3-9,12-15,17-20H2,1-2H3/t22-,29-/m1/s1. The van der Waals surface area contributed by atoms with Gasteiger partial charge in [-0.3, -0.25) is 9.59 Å². The Morgan fingerprint density at radius 3 is 2.59 bits per heavy atom. The molecule has 0 bridgehead atoms. The number of amides is 2. The van der Waals surface area contributed by atoms with Gasteiger partial charge in [-0.1, -0.05) is 69.6 Å². The summed E-state index contributed by atoms with van der Waals surface area (Å²) in [5, 5.41) is 12.1. The van der Waals surface area contributed by atoms with Crippen molar-refractivity contribution < 1.29 is 14.7 Å². The summed E-state index contributed by atoms with van der Waals surface area (Å²) in [6.07, 6.45) is 12.1. The number of aryl methyl sites for hydroxylation is 1. The van der Waals surface area contributed by atoms with Gasteiger partial charge in [0.25, 0.3) is 5.91 Å². The van der Waals surface area contributed by atoms with E-state index in [9.17, 15) is 14.7 Å². The number of aliphatic hydroxyl groups is 1. The molecule has 2 aliphatic heterocycles. The van der Waals surface area contributed by atoms with E-state index < -0.39 is 5.60 Å². The number of piperidine rings is 1. The first-order chi connectivity index (χ1) is 16.3. The van der Waals surface area contributed by atoms with Crippen LogP contribution in [0.2, 0.25) is 0 Å². The average molecular weight is 467 g/mol. The molecule has 2 heterocycles. The molecule has 1 N–H and O–H groups in total. The van der Waals surface area contributed by atoms with E-state index in [2.05, 4.69) is 24.8 Å². The van der Waals surface area contributed by atoms with Crippen LogP contribution in [0.1, 0.15) is 99.0 Å². The molecule has 1 saturated heterocycles. The van der Waals surface area contributed by atoms with Crippen molar-refractivity contribution in [1.29, 1.82) is 0 Å². The van der Waals surface area contributed by atoms with Gasteiger partial charge in [0.1, 0.15) is 0 Å². The number of β-amino-alcohol motifs (C(OH)–C–C–N with tert-alkyl or cyclic N) is 1. The van der Waals surface area contributed by atoms with Crippen LogP contribution < -0.4 is 0 Å². The van der Waals surface area contributed by atoms with Crippen molar-refractivity contribution in [2.45, 2.75) is 96.6 Å². The summed E-state index contributed by atoms with van der Waals surface area (Å²) in [5.41, 5.74) is 1.78. The predicted octanol–water partition coefficient (Wildman–Crippen LogP) is 5.08. The highest BCUT2D eigenvalue weighted by Gasteiger charge is 2.56. The van der Waals surface area contributed by atoms with Crippen LogP contribution in [-0.2, 0) is 11.3 Å². The molecule has 5 rings (SSSR count). The Hall–Kier alpha value is -1.88. The summed E-state index contributed by atoms with van der Waals surface area (Å²) in [7, 11) is 0. The zero-order chi connectivity index (χ0) is 23.9. The van der Waals surface area contributed by atoms with Crippen molar-refractivity contribution in [3.05, 3.63) is 34.9 Å². The molecule has 1 aromatic rings. The highest BCUT2D eigenvalue weighted by molar-refractivity contribution is 5.98. The molecule has 5 nitrogen and oxygen atoms in total. The summed E-state index contributed by atoms with van der Waals surface area (Å²) in [5.74, 6) is 1.07. The fraction of sp³-hybridized carbons (Fsp3) is 0.724. The van der Waals surface area contributed by atoms with Crippen LogP contribution >= 0.6 is 0 Å². The number of likely N-dealkylation sites (tertiary alicyclic amines) is 1. The average Bonchev–Trinajstić information content (AvgIpc) is 3.41. The molecule has 0 unspecified atom stereocenters. The minimum Gasteiger partial charge on any atom is -0.387 e. The lowest BCUT2D eigenvalue weighted by Gasteiger charge is -2.53. The van der Waals surface area contributed by atoms with Gasteiger partial charge in [-0.05, 0) is 50.2 Å². The first kappa shape index (κ1) is 23.8. The Balaban J connectivity index is 1.28. The largest absolute Gasteiger partial charge is 0.387 e. The van der Waals surface area contributed by atoms with Crippen molar-refractivity contribution in [3.8, 4) is 0 Å². The van der Waals surface area contributed by atoms with Gasteiger partial charge in [-0.2, -0.15) is 0 Å². The third kappa shape index (κ3) is 4.29. The molecule has 2 atom stereocenters. The van der Waals surface area contributed by atoms with E-state index in [1.165, 1.54) is 32.1 Å². The van der Waals surface area contributed by atoms with Crippen LogP contribution in [0.3, 0.4) is 0 Å². The monoisotopic (exact) mass is 466 g/mol. The Morgan fingerprint density at radius 2 is 1.85 bits per heavy atom. The molecule has 3 fully saturated rings. The van der Waals surface area contributed by atoms with Gasteiger partial charge in [0.05, 0.1) is 12.1 Å². The Kier molecular flexibility index (Phi) is 6.52. The normalized spacial score (nSPS) is 27.9. The van der Waals surface area contributed by atoms with Gasteiger partial charge in [0.2, 0.25) is 5.91 Å². The van der Waals surface area contributed by atoms with Gasteiger partial charge in [-0.25, -0.2) is 0 Å². The maximum absolute atomic E-state index is 13.5. The number of nitrogens with zero attached hydrogens (tertiary/aromatic N) is 2. The highest BCUT2D eigenvalue weighted by atomic mass is 16.3. The summed E-state index contributed by atoms with van der Waals surface area (Å²) in [4.78, 5) is 30.5. The molecule has 2 amide bonds. The molecule has 4 aliphatic rings. The SMILES string of the molecule is Cc1ccc2c(c1)CN(C[C@]1(O)CCN(C(=O)[C@H](C)CC3CCCCC3)CC13CCCC3)C2=O.